The van der Waals surface area contributed by atoms with Crippen LogP contribution in [-0.2, 0) is 38.5 Å². The average molecular weight is 1020 g/mol. The first kappa shape index (κ1) is 54.1. The predicted octanol–water partition coefficient (Wildman–Crippen LogP) is 18.3. The predicted molar refractivity (Wildman–Crippen MR) is 321 cm³/mol. The van der Waals surface area contributed by atoms with Crippen molar-refractivity contribution in [1.82, 2.24) is 24.9 Å². The summed E-state index contributed by atoms with van der Waals surface area (Å²) in [5, 5.41) is 0. The van der Waals surface area contributed by atoms with Gasteiger partial charge < -0.3 is 9.97 Å². The third kappa shape index (κ3) is 11.7. The Kier molecular flexibility index (Phi) is 18.9. The van der Waals surface area contributed by atoms with Crippen molar-refractivity contribution in [3.05, 3.63) is 132 Å². The number of rotatable bonds is 19. The smallest absolute Gasteiger partial charge is 0.0851 e. The molecule has 0 aromatic carbocycles. The molecule has 0 aliphatic carbocycles. The van der Waals surface area contributed by atoms with Crippen LogP contribution in [0.1, 0.15) is 223 Å². The van der Waals surface area contributed by atoms with Gasteiger partial charge in [0.15, 0.2) is 0 Å². The summed E-state index contributed by atoms with van der Waals surface area (Å²) in [6.07, 6.45) is 22.6. The summed E-state index contributed by atoms with van der Waals surface area (Å²) in [6, 6.07) is 15.8. The van der Waals surface area contributed by atoms with E-state index in [0.717, 1.165) is 125 Å². The van der Waals surface area contributed by atoms with Crippen LogP contribution in [-0.4, -0.2) is 24.9 Å². The molecule has 74 heavy (non-hydrogen) atoms. The highest BCUT2D eigenvalue weighted by Crippen LogP contribution is 2.43. The van der Waals surface area contributed by atoms with Gasteiger partial charge in [-0.3, -0.25) is 4.98 Å². The van der Waals surface area contributed by atoms with Crippen LogP contribution in [0.4, 0.5) is 0 Å². The molecule has 0 atom stereocenters. The molecule has 6 aromatic rings. The lowest BCUT2D eigenvalue weighted by atomic mass is 9.94. The molecule has 0 fully saturated rings. The Hall–Kier alpha value is -6.17. The number of aromatic nitrogens is 5. The molecule has 2 N–H and O–H groups in total. The third-order valence-electron chi connectivity index (χ3n) is 15.0. The Labute approximate surface area is 451 Å². The van der Waals surface area contributed by atoms with Crippen LogP contribution in [0, 0.1) is 35.5 Å². The Morgan fingerprint density at radius 1 is 0.432 bits per heavy atom. The maximum atomic E-state index is 5.62. The van der Waals surface area contributed by atoms with Crippen LogP contribution in [0.15, 0.2) is 54.9 Å². The van der Waals surface area contributed by atoms with Gasteiger partial charge in [-0.25, -0.2) is 9.97 Å². The number of nitrogens with zero attached hydrogens (tertiary/aromatic N) is 3. The highest BCUT2D eigenvalue weighted by atomic mass is 32.1. The lowest BCUT2D eigenvalue weighted by Gasteiger charge is -2.08. The second-order valence-corrected chi connectivity index (χ2v) is 21.7. The summed E-state index contributed by atoms with van der Waals surface area (Å²) >= 11 is 3.63. The Bertz CT molecular complexity index is 3300. The quantitative estimate of drug-likeness (QED) is 0.0627. The van der Waals surface area contributed by atoms with Gasteiger partial charge in [-0.05, 0) is 199 Å². The summed E-state index contributed by atoms with van der Waals surface area (Å²) in [7, 11) is 0. The number of thiophene rings is 2. The van der Waals surface area contributed by atoms with Gasteiger partial charge in [0.2, 0.25) is 0 Å². The van der Waals surface area contributed by atoms with Crippen molar-refractivity contribution in [3.8, 4) is 45.3 Å². The van der Waals surface area contributed by atoms with Crippen molar-refractivity contribution < 1.29 is 0 Å². The maximum Gasteiger partial charge on any atom is 0.0851 e. The van der Waals surface area contributed by atoms with Crippen molar-refractivity contribution in [2.45, 2.75) is 185 Å². The Balaban J connectivity index is 1.34. The monoisotopic (exact) mass is 1020 g/mol. The molecule has 5 nitrogen and oxygen atoms in total. The Morgan fingerprint density at radius 2 is 0.865 bits per heavy atom. The number of pyridine rings is 1. The minimum absolute atomic E-state index is 0.840. The topological polar surface area (TPSA) is 70.2 Å². The van der Waals surface area contributed by atoms with Crippen LogP contribution in [0.5, 0.6) is 0 Å². The minimum Gasteiger partial charge on any atom is -0.355 e. The van der Waals surface area contributed by atoms with E-state index in [2.05, 4.69) is 150 Å². The van der Waals surface area contributed by atoms with Crippen molar-refractivity contribution in [1.29, 1.82) is 0 Å². The van der Waals surface area contributed by atoms with Crippen molar-refractivity contribution in [3.63, 3.8) is 0 Å². The number of fused-ring (bicyclic) bond motifs is 8. The molecule has 0 unspecified atom stereocenters. The number of aryl methyl sites for hydroxylation is 6. The molecule has 0 saturated heterocycles. The summed E-state index contributed by atoms with van der Waals surface area (Å²) in [5.74, 6) is 21.2. The molecule has 0 saturated carbocycles. The molecule has 8 bridgehead atoms. The summed E-state index contributed by atoms with van der Waals surface area (Å²) in [6.45, 7) is 22.7. The largest absolute Gasteiger partial charge is 0.355 e. The van der Waals surface area contributed by atoms with Crippen molar-refractivity contribution in [2.24, 2.45) is 0 Å². The molecule has 0 radical (unpaired) electrons. The highest BCUT2D eigenvalue weighted by molar-refractivity contribution is 7.22. The van der Waals surface area contributed by atoms with Crippen LogP contribution in [0.25, 0.3) is 54.1 Å². The number of aromatic amines is 2. The zero-order chi connectivity index (χ0) is 52.1. The van der Waals surface area contributed by atoms with Crippen molar-refractivity contribution in [2.75, 3.05) is 0 Å². The van der Waals surface area contributed by atoms with Gasteiger partial charge >= 0.3 is 0 Å². The fourth-order valence-corrected chi connectivity index (χ4v) is 13.4. The van der Waals surface area contributed by atoms with E-state index in [0.29, 0.717) is 0 Å². The molecular formula is C67H77N5S2. The highest BCUT2D eigenvalue weighted by Gasteiger charge is 2.27. The molecule has 0 amide bonds. The lowest BCUT2D eigenvalue weighted by molar-refractivity contribution is 0.667. The van der Waals surface area contributed by atoms with Gasteiger partial charge in [0.05, 0.1) is 38.1 Å². The standard InChI is InChI=1S/C67H77N5S2/c1-11-21-23-25-29-45-39-64(65-40-46(30-26-24-22-12-2)63(74-65)34-33-44-35-37-68-38-36-44)73-62(45)32-28-27-31-55-66-53(19-9)51(17-7)60(71-66)42-58-49(15-5)47(13-3)56(69-58)41-57-48(14-4)50(16-6)59(70-57)43-61-52(18-8)54(20-10)67(55)72-61/h35-43,69-70H,11-26,29-30H2,1-10H3. The first-order valence-electron chi connectivity index (χ1n) is 28.2. The second-order valence-electron chi connectivity index (χ2n) is 19.6. The molecule has 8 heterocycles. The van der Waals surface area contributed by atoms with E-state index in [1.54, 1.807) is 0 Å². The normalized spacial score (nSPS) is 12.2. The molecule has 0 spiro atoms. The molecular weight excluding hydrogens is 939 g/mol. The maximum absolute atomic E-state index is 5.62. The van der Waals surface area contributed by atoms with Gasteiger partial charge in [-0.15, -0.1) is 22.7 Å². The second kappa shape index (κ2) is 25.9. The molecule has 382 valence electrons. The van der Waals surface area contributed by atoms with E-state index in [-0.39, 0.29) is 0 Å². The van der Waals surface area contributed by atoms with Crippen LogP contribution >= 0.6 is 22.7 Å². The number of H-pyrrole nitrogens is 2. The van der Waals surface area contributed by atoms with Crippen LogP contribution < -0.4 is 0 Å². The van der Waals surface area contributed by atoms with E-state index in [1.165, 1.54) is 121 Å². The van der Waals surface area contributed by atoms with Gasteiger partial charge in [0.1, 0.15) is 0 Å². The van der Waals surface area contributed by atoms with E-state index < -0.39 is 0 Å². The SMILES string of the molecule is CCCCCCc1cc(-c2cc(CCCCCC)c(C#Cc3ccncc3)s2)sc1C#CC#Cc1c2nc(cc3[nH]c(cc4[nH]c(cc5nc1C(CC)=C5CC)c(CC)c4CC)c(CC)c3CC)C(CC)=C2CC. The molecule has 8 rings (SSSR count). The van der Waals surface area contributed by atoms with Gasteiger partial charge in [-0.2, -0.15) is 0 Å². The van der Waals surface area contributed by atoms with Gasteiger partial charge in [0.25, 0.3) is 0 Å². The van der Waals surface area contributed by atoms with Gasteiger partial charge in [-0.1, -0.05) is 120 Å². The molecule has 2 aliphatic heterocycles. The minimum atomic E-state index is 0.840. The number of hydrogen-bond acceptors (Lipinski definition) is 5. The third-order valence-corrected chi connectivity index (χ3v) is 17.4. The van der Waals surface area contributed by atoms with Crippen LogP contribution in [0.2, 0.25) is 0 Å². The number of unbranched alkanes of at least 4 members (excludes halogenated alkanes) is 6. The first-order valence-corrected chi connectivity index (χ1v) is 29.8. The zero-order valence-electron chi connectivity index (χ0n) is 46.1. The number of allylic oxidation sites excluding steroid dienone is 4. The van der Waals surface area contributed by atoms with Crippen LogP contribution in [0.3, 0.4) is 0 Å². The van der Waals surface area contributed by atoms with Crippen molar-refractivity contribution >= 4 is 67.0 Å². The lowest BCUT2D eigenvalue weighted by Crippen LogP contribution is -1.95. The molecule has 7 heteroatoms. The fourth-order valence-electron chi connectivity index (χ4n) is 11.2. The first-order chi connectivity index (χ1) is 36.3. The van der Waals surface area contributed by atoms with E-state index in [9.17, 15) is 0 Å². The van der Waals surface area contributed by atoms with E-state index in [1.807, 2.05) is 47.2 Å². The number of hydrogen-bond donors (Lipinski definition) is 2. The van der Waals surface area contributed by atoms with E-state index >= 15 is 0 Å². The average Bonchev–Trinajstić information content (AvgIpc) is 4.28. The summed E-state index contributed by atoms with van der Waals surface area (Å²) < 4.78 is 0. The Morgan fingerprint density at radius 3 is 1.30 bits per heavy atom. The van der Waals surface area contributed by atoms with Gasteiger partial charge in [0, 0.05) is 49.8 Å². The number of nitrogens with one attached hydrogen (secondary N) is 2. The molecule has 6 aromatic heterocycles. The zero-order valence-corrected chi connectivity index (χ0v) is 47.7. The van der Waals surface area contributed by atoms with E-state index in [4.69, 9.17) is 9.97 Å². The summed E-state index contributed by atoms with van der Waals surface area (Å²) in [5.41, 5.74) is 23.6. The summed E-state index contributed by atoms with van der Waals surface area (Å²) in [4.78, 5) is 28.1. The molecule has 2 aliphatic rings. The fraction of sp³-hybridized carbons (Fsp3) is 0.418.